The Hall–Kier alpha value is -1.97. The summed E-state index contributed by atoms with van der Waals surface area (Å²) in [5.74, 6) is -1.73. The van der Waals surface area contributed by atoms with Crippen molar-refractivity contribution in [2.24, 2.45) is 5.92 Å². The van der Waals surface area contributed by atoms with Crippen molar-refractivity contribution < 1.29 is 27.9 Å². The van der Waals surface area contributed by atoms with E-state index in [-0.39, 0.29) is 42.6 Å². The zero-order chi connectivity index (χ0) is 19.8. The largest absolute Gasteiger partial charge is 0.481 e. The summed E-state index contributed by atoms with van der Waals surface area (Å²) in [4.78, 5) is 25.2. The number of carbonyl (C=O) groups is 2. The summed E-state index contributed by atoms with van der Waals surface area (Å²) in [6, 6.07) is 5.82. The number of likely N-dealkylation sites (tertiary alicyclic amines) is 1. The van der Waals surface area contributed by atoms with E-state index in [2.05, 4.69) is 0 Å². The number of nitrogens with zero attached hydrogens (tertiary/aromatic N) is 2. The minimum atomic E-state index is -3.66. The Kier molecular flexibility index (Phi) is 5.55. The smallest absolute Gasteiger partial charge is 0.308 e. The molecule has 2 aliphatic rings. The van der Waals surface area contributed by atoms with E-state index in [4.69, 9.17) is 9.84 Å². The molecule has 27 heavy (non-hydrogen) atoms. The van der Waals surface area contributed by atoms with Gasteiger partial charge < -0.3 is 14.7 Å². The molecule has 1 amide bonds. The third-order valence-electron chi connectivity index (χ3n) is 4.95. The van der Waals surface area contributed by atoms with Crippen LogP contribution in [0.4, 0.5) is 0 Å². The lowest BCUT2D eigenvalue weighted by molar-refractivity contribution is -0.141. The zero-order valence-electron chi connectivity index (χ0n) is 15.4. The number of sulfonamides is 1. The quantitative estimate of drug-likeness (QED) is 0.815. The number of carboxylic acid groups (broad SMARTS) is 1. The minimum absolute atomic E-state index is 0.130. The van der Waals surface area contributed by atoms with Gasteiger partial charge in [0.2, 0.25) is 10.0 Å². The summed E-state index contributed by atoms with van der Waals surface area (Å²) in [5, 5.41) is 9.05. The molecule has 3 unspecified atom stereocenters. The second-order valence-electron chi connectivity index (χ2n) is 7.18. The number of hydrogen-bond donors (Lipinski definition) is 1. The molecular formula is C18H24N2O6S. The minimum Gasteiger partial charge on any atom is -0.481 e. The molecule has 1 N–H and O–H groups in total. The number of carboxylic acids is 1. The fourth-order valence-corrected chi connectivity index (χ4v) is 5.16. The summed E-state index contributed by atoms with van der Waals surface area (Å²) in [5.41, 5.74) is 0.351. The van der Waals surface area contributed by atoms with Gasteiger partial charge >= 0.3 is 5.97 Å². The average molecular weight is 396 g/mol. The van der Waals surface area contributed by atoms with E-state index in [0.717, 1.165) is 0 Å². The lowest BCUT2D eigenvalue weighted by Crippen LogP contribution is -2.48. The number of morpholine rings is 1. The van der Waals surface area contributed by atoms with E-state index in [0.29, 0.717) is 18.5 Å². The van der Waals surface area contributed by atoms with Crippen molar-refractivity contribution in [3.63, 3.8) is 0 Å². The summed E-state index contributed by atoms with van der Waals surface area (Å²) in [7, 11) is -3.66. The Morgan fingerprint density at radius 3 is 2.19 bits per heavy atom. The Morgan fingerprint density at radius 2 is 1.67 bits per heavy atom. The van der Waals surface area contributed by atoms with Gasteiger partial charge in [0.05, 0.1) is 23.0 Å². The van der Waals surface area contributed by atoms with Crippen LogP contribution in [0.1, 0.15) is 30.6 Å². The number of ether oxygens (including phenoxy) is 1. The second-order valence-corrected chi connectivity index (χ2v) is 9.12. The van der Waals surface area contributed by atoms with Gasteiger partial charge in [0.25, 0.3) is 5.91 Å². The van der Waals surface area contributed by atoms with Crippen molar-refractivity contribution in [2.75, 3.05) is 26.2 Å². The van der Waals surface area contributed by atoms with Crippen molar-refractivity contribution in [3.05, 3.63) is 29.8 Å². The standard InChI is InChI=1S/C18H24N2O6S/c1-12-9-20(10-13(2)26-12)27(24,25)16-5-3-14(4-6-16)17(21)19-8-7-15(11-19)18(22)23/h3-6,12-13,15H,7-11H2,1-2H3,(H,22,23). The van der Waals surface area contributed by atoms with Crippen LogP contribution in [-0.4, -0.2) is 73.0 Å². The first-order chi connectivity index (χ1) is 12.7. The number of rotatable bonds is 4. The molecule has 148 valence electrons. The third-order valence-corrected chi connectivity index (χ3v) is 6.80. The molecule has 0 aliphatic carbocycles. The maximum Gasteiger partial charge on any atom is 0.308 e. The number of carbonyl (C=O) groups excluding carboxylic acids is 1. The molecule has 1 aromatic rings. The van der Waals surface area contributed by atoms with Crippen LogP contribution in [0.3, 0.4) is 0 Å². The van der Waals surface area contributed by atoms with Crippen LogP contribution in [0, 0.1) is 5.92 Å². The summed E-state index contributed by atoms with van der Waals surface area (Å²) in [6.45, 7) is 4.81. The molecule has 3 rings (SSSR count). The van der Waals surface area contributed by atoms with Crippen LogP contribution in [0.5, 0.6) is 0 Å². The highest BCUT2D eigenvalue weighted by molar-refractivity contribution is 7.89. The summed E-state index contributed by atoms with van der Waals surface area (Å²) >= 11 is 0. The van der Waals surface area contributed by atoms with Gasteiger partial charge in [0, 0.05) is 31.7 Å². The highest BCUT2D eigenvalue weighted by Crippen LogP contribution is 2.23. The second kappa shape index (κ2) is 7.57. The van der Waals surface area contributed by atoms with Gasteiger partial charge in [0.15, 0.2) is 0 Å². The Bertz CT molecular complexity index is 813. The van der Waals surface area contributed by atoms with Crippen molar-refractivity contribution >= 4 is 21.9 Å². The lowest BCUT2D eigenvalue weighted by atomic mass is 10.1. The molecule has 2 saturated heterocycles. The Balaban J connectivity index is 1.73. The van der Waals surface area contributed by atoms with Gasteiger partial charge in [-0.25, -0.2) is 8.42 Å². The van der Waals surface area contributed by atoms with E-state index >= 15 is 0 Å². The molecule has 3 atom stereocenters. The van der Waals surface area contributed by atoms with Gasteiger partial charge in [-0.15, -0.1) is 0 Å². The molecule has 0 saturated carbocycles. The fourth-order valence-electron chi connectivity index (χ4n) is 3.57. The zero-order valence-corrected chi connectivity index (χ0v) is 16.2. The number of aliphatic carboxylic acids is 1. The van der Waals surface area contributed by atoms with Crippen LogP contribution in [0.15, 0.2) is 29.2 Å². The molecule has 9 heteroatoms. The van der Waals surface area contributed by atoms with E-state index in [1.54, 1.807) is 0 Å². The maximum absolute atomic E-state index is 12.8. The molecule has 0 spiro atoms. The molecule has 0 aromatic heterocycles. The predicted octanol–water partition coefficient (Wildman–Crippen LogP) is 1.03. The molecule has 8 nitrogen and oxygen atoms in total. The monoisotopic (exact) mass is 396 g/mol. The third kappa shape index (κ3) is 4.15. The first-order valence-corrected chi connectivity index (χ1v) is 10.4. The van der Waals surface area contributed by atoms with Gasteiger partial charge in [-0.3, -0.25) is 9.59 Å². The predicted molar refractivity (Wildman–Crippen MR) is 96.9 cm³/mol. The van der Waals surface area contributed by atoms with E-state index in [9.17, 15) is 18.0 Å². The van der Waals surface area contributed by atoms with Crippen LogP contribution in [0.25, 0.3) is 0 Å². The molecule has 2 fully saturated rings. The number of amides is 1. The van der Waals surface area contributed by atoms with Crippen LogP contribution in [-0.2, 0) is 19.6 Å². The normalized spacial score (nSPS) is 26.9. The molecule has 2 aliphatic heterocycles. The molecule has 0 radical (unpaired) electrons. The summed E-state index contributed by atoms with van der Waals surface area (Å²) < 4.78 is 32.7. The number of benzene rings is 1. The van der Waals surface area contributed by atoms with Gasteiger partial charge in [-0.05, 0) is 44.5 Å². The Morgan fingerprint density at radius 1 is 1.07 bits per heavy atom. The highest BCUT2D eigenvalue weighted by atomic mass is 32.2. The van der Waals surface area contributed by atoms with Crippen LogP contribution < -0.4 is 0 Å². The van der Waals surface area contributed by atoms with E-state index in [1.165, 1.54) is 33.5 Å². The lowest BCUT2D eigenvalue weighted by Gasteiger charge is -2.34. The van der Waals surface area contributed by atoms with Crippen LogP contribution in [0.2, 0.25) is 0 Å². The molecular weight excluding hydrogens is 372 g/mol. The number of hydrogen-bond acceptors (Lipinski definition) is 5. The average Bonchev–Trinajstić information content (AvgIpc) is 3.11. The van der Waals surface area contributed by atoms with Crippen LogP contribution >= 0.6 is 0 Å². The van der Waals surface area contributed by atoms with E-state index < -0.39 is 21.9 Å². The first-order valence-electron chi connectivity index (χ1n) is 8.96. The van der Waals surface area contributed by atoms with Gasteiger partial charge in [0.1, 0.15) is 0 Å². The first kappa shape index (κ1) is 19.8. The van der Waals surface area contributed by atoms with Crippen molar-refractivity contribution in [1.82, 2.24) is 9.21 Å². The van der Waals surface area contributed by atoms with Crippen molar-refractivity contribution in [1.29, 1.82) is 0 Å². The SMILES string of the molecule is CC1CN(S(=O)(=O)c2ccc(C(=O)N3CCC(C(=O)O)C3)cc2)CC(C)O1. The highest BCUT2D eigenvalue weighted by Gasteiger charge is 2.33. The van der Waals surface area contributed by atoms with E-state index in [1.807, 2.05) is 13.8 Å². The fraction of sp³-hybridized carbons (Fsp3) is 0.556. The van der Waals surface area contributed by atoms with Crippen molar-refractivity contribution in [3.8, 4) is 0 Å². The molecule has 2 heterocycles. The molecule has 1 aromatic carbocycles. The van der Waals surface area contributed by atoms with Gasteiger partial charge in [-0.2, -0.15) is 4.31 Å². The summed E-state index contributed by atoms with van der Waals surface area (Å²) in [6.07, 6.45) is 0.0736. The van der Waals surface area contributed by atoms with Crippen molar-refractivity contribution in [2.45, 2.75) is 37.4 Å². The van der Waals surface area contributed by atoms with Gasteiger partial charge in [-0.1, -0.05) is 0 Å². The topological polar surface area (TPSA) is 104 Å². The maximum atomic E-state index is 12.8. The Labute approximate surface area is 158 Å². The molecule has 0 bridgehead atoms.